The van der Waals surface area contributed by atoms with E-state index in [1.807, 2.05) is 60.7 Å². The van der Waals surface area contributed by atoms with Gasteiger partial charge in [-0.2, -0.15) is 0 Å². The molecule has 1 aliphatic rings. The van der Waals surface area contributed by atoms with E-state index < -0.39 is 8.32 Å². The second-order valence-corrected chi connectivity index (χ2v) is 12.4. The van der Waals surface area contributed by atoms with E-state index in [1.54, 1.807) is 0 Å². The quantitative estimate of drug-likeness (QED) is 0.244. The maximum absolute atomic E-state index is 11.8. The minimum absolute atomic E-state index is 0.0752. The van der Waals surface area contributed by atoms with Gasteiger partial charge in [-0.3, -0.25) is 4.79 Å². The Kier molecular flexibility index (Phi) is 7.33. The lowest BCUT2D eigenvalue weighted by atomic mass is 10.0. The Hall–Kier alpha value is -3.27. The van der Waals surface area contributed by atoms with E-state index in [2.05, 4.69) is 68.4 Å². The van der Waals surface area contributed by atoms with Crippen molar-refractivity contribution in [2.24, 2.45) is 0 Å². The molecule has 4 aromatic rings. The summed E-state index contributed by atoms with van der Waals surface area (Å²) < 4.78 is 6.64. The number of hydrogen-bond donors (Lipinski definition) is 0. The van der Waals surface area contributed by atoms with Crippen LogP contribution in [-0.2, 0) is 4.43 Å². The number of hydrogen-bond acceptors (Lipinski definition) is 2. The first-order chi connectivity index (χ1) is 16.2. The van der Waals surface area contributed by atoms with Gasteiger partial charge in [0.2, 0.25) is 8.32 Å². The van der Waals surface area contributed by atoms with Gasteiger partial charge in [-0.25, -0.2) is 0 Å². The Morgan fingerprint density at radius 2 is 1.12 bits per heavy atom. The van der Waals surface area contributed by atoms with E-state index in [4.69, 9.17) is 4.43 Å². The van der Waals surface area contributed by atoms with Gasteiger partial charge in [0.25, 0.3) is 0 Å². The van der Waals surface area contributed by atoms with Gasteiger partial charge in [-0.15, -0.1) is 0 Å². The van der Waals surface area contributed by atoms with E-state index in [-0.39, 0.29) is 11.9 Å². The molecule has 0 N–H and O–H groups in total. The predicted molar refractivity (Wildman–Crippen MR) is 138 cm³/mol. The van der Waals surface area contributed by atoms with Crippen LogP contribution in [0, 0.1) is 0 Å². The molecule has 0 saturated carbocycles. The summed E-state index contributed by atoms with van der Waals surface area (Å²) in [5.74, 6) is 0.0752. The monoisotopic (exact) mass is 450 g/mol. The summed E-state index contributed by atoms with van der Waals surface area (Å²) in [5, 5.41) is 1.51. The lowest BCUT2D eigenvalue weighted by molar-refractivity contribution is 0.103. The fourth-order valence-electron chi connectivity index (χ4n) is 4.51. The molecule has 0 aliphatic carbocycles. The summed E-state index contributed by atoms with van der Waals surface area (Å²) in [7, 11) is -1.75. The molecule has 0 radical (unpaired) electrons. The lowest BCUT2D eigenvalue weighted by Crippen LogP contribution is -2.45. The molecule has 166 valence electrons. The van der Waals surface area contributed by atoms with Gasteiger partial charge in [0.1, 0.15) is 0 Å². The maximum Gasteiger partial charge on any atom is 0.225 e. The molecule has 33 heavy (non-hydrogen) atoms. The van der Waals surface area contributed by atoms with Crippen molar-refractivity contribution in [2.45, 2.75) is 32.0 Å². The smallest absolute Gasteiger partial charge is 0.225 e. The molecule has 1 aliphatic heterocycles. The molecule has 0 aromatic heterocycles. The van der Waals surface area contributed by atoms with E-state index >= 15 is 0 Å². The molecule has 0 saturated heterocycles. The summed E-state index contributed by atoms with van der Waals surface area (Å²) >= 11 is 0. The first-order valence-electron chi connectivity index (χ1n) is 11.7. The average molecular weight is 451 g/mol. The normalized spacial score (nSPS) is 15.8. The van der Waals surface area contributed by atoms with Crippen LogP contribution in [0.2, 0.25) is 12.1 Å². The molecule has 0 amide bonds. The standard InChI is InChI=1S/C17H20OSi.C13H10O/c1-3-19(4-2)16-13-9-8-12-15(16)17(18-19)14-10-6-5-7-11-14;14-13(11-7-3-1-4-8-11)12-9-5-2-6-10-12/h5-13,17H,3-4H2,1-2H3;1-10H. The third-order valence-electron chi connectivity index (χ3n) is 6.39. The zero-order valence-electron chi connectivity index (χ0n) is 19.3. The maximum atomic E-state index is 11.8. The summed E-state index contributed by atoms with van der Waals surface area (Å²) in [6.07, 6.45) is 0.143. The number of ketones is 1. The average Bonchev–Trinajstić information content (AvgIpc) is 3.25. The van der Waals surface area contributed by atoms with Crippen LogP contribution in [0.3, 0.4) is 0 Å². The number of rotatable bonds is 5. The molecule has 1 atom stereocenters. The summed E-state index contributed by atoms with van der Waals surface area (Å²) in [4.78, 5) is 11.8. The number of carbonyl (C=O) groups is 1. The van der Waals surface area contributed by atoms with Crippen molar-refractivity contribution in [3.8, 4) is 0 Å². The van der Waals surface area contributed by atoms with Crippen molar-refractivity contribution >= 4 is 19.3 Å². The highest BCUT2D eigenvalue weighted by Gasteiger charge is 2.45. The zero-order chi connectivity index (χ0) is 23.1. The molecule has 2 nitrogen and oxygen atoms in total. The minimum atomic E-state index is -1.75. The SMILES string of the molecule is CC[Si]1(CC)OC(c2ccccc2)c2ccccc21.O=C(c1ccccc1)c1ccccc1. The molecular formula is C30H30O2Si. The van der Waals surface area contributed by atoms with Gasteiger partial charge < -0.3 is 4.43 Å². The predicted octanol–water partition coefficient (Wildman–Crippen LogP) is 6.92. The number of fused-ring (bicyclic) bond motifs is 1. The van der Waals surface area contributed by atoms with Crippen LogP contribution in [0.15, 0.2) is 115 Å². The van der Waals surface area contributed by atoms with Crippen LogP contribution < -0.4 is 5.19 Å². The molecule has 1 heterocycles. The van der Waals surface area contributed by atoms with Crippen LogP contribution in [0.5, 0.6) is 0 Å². The Labute approximate surface area is 198 Å². The van der Waals surface area contributed by atoms with Gasteiger partial charge in [0.15, 0.2) is 5.78 Å². The van der Waals surface area contributed by atoms with Crippen molar-refractivity contribution < 1.29 is 9.22 Å². The fraction of sp³-hybridized carbons (Fsp3) is 0.167. The molecule has 0 fully saturated rings. The molecule has 0 bridgehead atoms. The highest BCUT2D eigenvalue weighted by atomic mass is 28.4. The molecular weight excluding hydrogens is 420 g/mol. The molecule has 3 heteroatoms. The topological polar surface area (TPSA) is 26.3 Å². The highest BCUT2D eigenvalue weighted by molar-refractivity contribution is 6.87. The molecule has 5 rings (SSSR count). The van der Waals surface area contributed by atoms with Crippen LogP contribution in [0.25, 0.3) is 0 Å². The lowest BCUT2D eigenvalue weighted by Gasteiger charge is -2.25. The highest BCUT2D eigenvalue weighted by Crippen LogP contribution is 2.38. The van der Waals surface area contributed by atoms with E-state index in [9.17, 15) is 4.79 Å². The summed E-state index contributed by atoms with van der Waals surface area (Å²) in [6.45, 7) is 4.56. The molecule has 0 spiro atoms. The van der Waals surface area contributed by atoms with Crippen LogP contribution in [0.1, 0.15) is 47.0 Å². The Balaban J connectivity index is 0.000000165. The van der Waals surface area contributed by atoms with Crippen molar-refractivity contribution in [1.29, 1.82) is 0 Å². The van der Waals surface area contributed by atoms with Crippen LogP contribution >= 0.6 is 0 Å². The van der Waals surface area contributed by atoms with Gasteiger partial charge in [-0.1, -0.05) is 129 Å². The minimum Gasteiger partial charge on any atom is -0.401 e. The fourth-order valence-corrected chi connectivity index (χ4v) is 8.09. The van der Waals surface area contributed by atoms with Crippen molar-refractivity contribution in [3.63, 3.8) is 0 Å². The van der Waals surface area contributed by atoms with Crippen molar-refractivity contribution in [3.05, 3.63) is 138 Å². The van der Waals surface area contributed by atoms with E-state index in [0.29, 0.717) is 0 Å². The third kappa shape index (κ3) is 4.90. The van der Waals surface area contributed by atoms with E-state index in [0.717, 1.165) is 23.2 Å². The van der Waals surface area contributed by atoms with Crippen molar-refractivity contribution in [1.82, 2.24) is 0 Å². The Bertz CT molecular complexity index is 1130. The Morgan fingerprint density at radius 3 is 1.64 bits per heavy atom. The summed E-state index contributed by atoms with van der Waals surface area (Å²) in [6, 6.07) is 40.4. The molecule has 1 unspecified atom stereocenters. The second kappa shape index (κ2) is 10.6. The first kappa shape index (κ1) is 22.9. The number of benzene rings is 4. The van der Waals surface area contributed by atoms with Crippen LogP contribution in [0.4, 0.5) is 0 Å². The summed E-state index contributed by atoms with van der Waals surface area (Å²) in [5.41, 5.74) is 4.15. The van der Waals surface area contributed by atoms with Gasteiger partial charge >= 0.3 is 0 Å². The van der Waals surface area contributed by atoms with Gasteiger partial charge in [0, 0.05) is 11.1 Å². The van der Waals surface area contributed by atoms with Crippen LogP contribution in [-0.4, -0.2) is 14.1 Å². The Morgan fingerprint density at radius 1 is 0.667 bits per heavy atom. The second-order valence-electron chi connectivity index (χ2n) is 8.26. The largest absolute Gasteiger partial charge is 0.401 e. The molecule has 4 aromatic carbocycles. The van der Waals surface area contributed by atoms with E-state index in [1.165, 1.54) is 16.3 Å². The number of carbonyl (C=O) groups excluding carboxylic acids is 1. The zero-order valence-corrected chi connectivity index (χ0v) is 20.3. The van der Waals surface area contributed by atoms with Gasteiger partial charge in [-0.05, 0) is 28.4 Å². The van der Waals surface area contributed by atoms with Crippen molar-refractivity contribution in [2.75, 3.05) is 0 Å². The third-order valence-corrected chi connectivity index (χ3v) is 10.8. The van der Waals surface area contributed by atoms with Gasteiger partial charge in [0.05, 0.1) is 6.10 Å². The first-order valence-corrected chi connectivity index (χ1v) is 14.0.